The molecule has 0 atom stereocenters. The summed E-state index contributed by atoms with van der Waals surface area (Å²) in [6, 6.07) is 13.1. The second-order valence-corrected chi connectivity index (χ2v) is 8.67. The first-order chi connectivity index (χ1) is 11.6. The molecule has 0 saturated heterocycles. The van der Waals surface area contributed by atoms with Gasteiger partial charge in [0.15, 0.2) is 5.82 Å². The smallest absolute Gasteiger partial charge is 0.262 e. The second kappa shape index (κ2) is 5.97. The quantitative estimate of drug-likeness (QED) is 0.581. The first-order valence-corrected chi connectivity index (χ1v) is 10.2. The third kappa shape index (κ3) is 2.68. The minimum atomic E-state index is -3.66. The third-order valence-electron chi connectivity index (χ3n) is 3.45. The number of hydrogen-bond donors (Lipinski definition) is 1. The van der Waals surface area contributed by atoms with Crippen LogP contribution in [0.3, 0.4) is 0 Å². The highest BCUT2D eigenvalue weighted by atomic mass is 32.2. The summed E-state index contributed by atoms with van der Waals surface area (Å²) in [7, 11) is -3.66. The third-order valence-corrected chi connectivity index (χ3v) is 7.07. The number of aromatic nitrogens is 2. The van der Waals surface area contributed by atoms with Crippen LogP contribution < -0.4 is 4.72 Å². The van der Waals surface area contributed by atoms with E-state index in [2.05, 4.69) is 14.7 Å². The zero-order valence-corrected chi connectivity index (χ0v) is 14.7. The van der Waals surface area contributed by atoms with Gasteiger partial charge < -0.3 is 0 Å². The molecule has 4 aromatic rings. The Balaban J connectivity index is 1.86. The lowest BCUT2D eigenvalue weighted by atomic mass is 10.1. The van der Waals surface area contributed by atoms with E-state index in [9.17, 15) is 8.42 Å². The van der Waals surface area contributed by atoms with Gasteiger partial charge in [-0.15, -0.1) is 22.7 Å². The van der Waals surface area contributed by atoms with E-state index in [0.29, 0.717) is 11.2 Å². The zero-order chi connectivity index (χ0) is 16.6. The number of hydrogen-bond acceptors (Lipinski definition) is 6. The molecule has 0 spiro atoms. The molecule has 0 bridgehead atoms. The first kappa shape index (κ1) is 15.3. The molecule has 4 rings (SSSR count). The van der Waals surface area contributed by atoms with Gasteiger partial charge >= 0.3 is 0 Å². The van der Waals surface area contributed by atoms with Gasteiger partial charge in [0.05, 0.1) is 5.39 Å². The lowest BCUT2D eigenvalue weighted by Crippen LogP contribution is -2.13. The molecule has 0 radical (unpaired) electrons. The van der Waals surface area contributed by atoms with Crippen LogP contribution in [0, 0.1) is 0 Å². The number of nitrogens with zero attached hydrogens (tertiary/aromatic N) is 2. The predicted octanol–water partition coefficient (Wildman–Crippen LogP) is 4.22. The maximum absolute atomic E-state index is 12.5. The molecule has 0 unspecified atom stereocenters. The maximum atomic E-state index is 12.5. The molecule has 0 aliphatic carbocycles. The average Bonchev–Trinajstić information content (AvgIpc) is 3.26. The number of thiophene rings is 2. The van der Waals surface area contributed by atoms with E-state index in [1.54, 1.807) is 17.5 Å². The summed E-state index contributed by atoms with van der Waals surface area (Å²) in [4.78, 5) is 9.17. The standard InChI is InChI=1S/C16H11N3O2S3/c20-24(21,13-7-4-8-22-13)19-15-14-12(11-5-2-1-3-6-11)9-23-16(14)18-10-17-15/h1-10H,(H,17,18,19). The molecular weight excluding hydrogens is 362 g/mol. The molecule has 0 saturated carbocycles. The summed E-state index contributed by atoms with van der Waals surface area (Å²) < 4.78 is 27.9. The molecule has 1 N–H and O–H groups in total. The predicted molar refractivity (Wildman–Crippen MR) is 98.0 cm³/mol. The van der Waals surface area contributed by atoms with Crippen molar-refractivity contribution in [1.82, 2.24) is 9.97 Å². The van der Waals surface area contributed by atoms with Gasteiger partial charge in [-0.3, -0.25) is 4.72 Å². The number of anilines is 1. The van der Waals surface area contributed by atoms with Crippen LogP contribution in [0.2, 0.25) is 0 Å². The average molecular weight is 373 g/mol. The Morgan fingerprint density at radius 2 is 1.79 bits per heavy atom. The number of fused-ring (bicyclic) bond motifs is 1. The van der Waals surface area contributed by atoms with E-state index < -0.39 is 10.0 Å². The van der Waals surface area contributed by atoms with Gasteiger partial charge in [0, 0.05) is 10.9 Å². The highest BCUT2D eigenvalue weighted by Gasteiger charge is 2.20. The molecule has 1 aromatic carbocycles. The van der Waals surface area contributed by atoms with E-state index in [4.69, 9.17) is 0 Å². The Hall–Kier alpha value is -2.29. The SMILES string of the molecule is O=S(=O)(Nc1ncnc2scc(-c3ccccc3)c12)c1cccs1. The van der Waals surface area contributed by atoms with Crippen LogP contribution in [0.5, 0.6) is 0 Å². The number of rotatable bonds is 4. The number of sulfonamides is 1. The molecule has 3 heterocycles. The summed E-state index contributed by atoms with van der Waals surface area (Å²) in [5, 5.41) is 4.41. The summed E-state index contributed by atoms with van der Waals surface area (Å²) in [5.74, 6) is 0.300. The molecule has 0 amide bonds. The van der Waals surface area contributed by atoms with E-state index in [1.807, 2.05) is 35.7 Å². The van der Waals surface area contributed by atoms with Crippen LogP contribution in [-0.4, -0.2) is 18.4 Å². The Bertz CT molecular complexity index is 1090. The number of nitrogens with one attached hydrogen (secondary N) is 1. The van der Waals surface area contributed by atoms with Crippen LogP contribution >= 0.6 is 22.7 Å². The van der Waals surface area contributed by atoms with Gasteiger partial charge in [0.25, 0.3) is 10.0 Å². The van der Waals surface area contributed by atoms with Crippen molar-refractivity contribution in [1.29, 1.82) is 0 Å². The molecule has 120 valence electrons. The van der Waals surface area contributed by atoms with Crippen molar-refractivity contribution in [3.8, 4) is 11.1 Å². The van der Waals surface area contributed by atoms with Crippen LogP contribution in [0.4, 0.5) is 5.82 Å². The van der Waals surface area contributed by atoms with Gasteiger partial charge in [-0.2, -0.15) is 0 Å². The fourth-order valence-corrected chi connectivity index (χ4v) is 5.31. The summed E-state index contributed by atoms with van der Waals surface area (Å²) in [6.07, 6.45) is 1.37. The van der Waals surface area contributed by atoms with Gasteiger partial charge in [-0.25, -0.2) is 18.4 Å². The minimum Gasteiger partial charge on any atom is -0.262 e. The summed E-state index contributed by atoms with van der Waals surface area (Å²) >= 11 is 2.63. The van der Waals surface area contributed by atoms with Crippen molar-refractivity contribution in [3.63, 3.8) is 0 Å². The van der Waals surface area contributed by atoms with Crippen LogP contribution in [-0.2, 0) is 10.0 Å². The van der Waals surface area contributed by atoms with Crippen molar-refractivity contribution in [2.24, 2.45) is 0 Å². The second-order valence-electron chi connectivity index (χ2n) is 4.96. The highest BCUT2D eigenvalue weighted by Crippen LogP contribution is 2.37. The normalized spacial score (nSPS) is 11.7. The van der Waals surface area contributed by atoms with Gasteiger partial charge in [0.1, 0.15) is 15.4 Å². The van der Waals surface area contributed by atoms with E-state index in [1.165, 1.54) is 29.0 Å². The van der Waals surface area contributed by atoms with Crippen molar-refractivity contribution in [3.05, 3.63) is 59.6 Å². The summed E-state index contributed by atoms with van der Waals surface area (Å²) in [5.41, 5.74) is 1.91. The summed E-state index contributed by atoms with van der Waals surface area (Å²) in [6.45, 7) is 0. The van der Waals surface area contributed by atoms with Crippen molar-refractivity contribution in [2.75, 3.05) is 4.72 Å². The van der Waals surface area contributed by atoms with Gasteiger partial charge in [-0.05, 0) is 17.0 Å². The molecule has 0 aliphatic heterocycles. The molecule has 0 aliphatic rings. The van der Waals surface area contributed by atoms with Crippen LogP contribution in [0.15, 0.2) is 63.8 Å². The first-order valence-electron chi connectivity index (χ1n) is 6.99. The van der Waals surface area contributed by atoms with Gasteiger partial charge in [-0.1, -0.05) is 36.4 Å². The topological polar surface area (TPSA) is 72.0 Å². The van der Waals surface area contributed by atoms with Crippen LogP contribution in [0.1, 0.15) is 0 Å². The van der Waals surface area contributed by atoms with E-state index in [0.717, 1.165) is 16.0 Å². The van der Waals surface area contributed by atoms with Crippen molar-refractivity contribution in [2.45, 2.75) is 4.21 Å². The monoisotopic (exact) mass is 373 g/mol. The Labute approximate surface area is 146 Å². The molecule has 5 nitrogen and oxygen atoms in total. The molecule has 3 aromatic heterocycles. The maximum Gasteiger partial charge on any atom is 0.272 e. The lowest BCUT2D eigenvalue weighted by molar-refractivity contribution is 0.603. The largest absolute Gasteiger partial charge is 0.272 e. The molecule has 8 heteroatoms. The van der Waals surface area contributed by atoms with E-state index in [-0.39, 0.29) is 4.21 Å². The lowest BCUT2D eigenvalue weighted by Gasteiger charge is -2.08. The fraction of sp³-hybridized carbons (Fsp3) is 0. The fourth-order valence-electron chi connectivity index (χ4n) is 2.38. The molecule has 24 heavy (non-hydrogen) atoms. The van der Waals surface area contributed by atoms with Crippen molar-refractivity contribution < 1.29 is 8.42 Å². The van der Waals surface area contributed by atoms with Crippen LogP contribution in [0.25, 0.3) is 21.3 Å². The Kier molecular flexibility index (Phi) is 3.79. The Morgan fingerprint density at radius 3 is 2.54 bits per heavy atom. The van der Waals surface area contributed by atoms with Crippen molar-refractivity contribution >= 4 is 48.7 Å². The number of benzene rings is 1. The minimum absolute atomic E-state index is 0.255. The Morgan fingerprint density at radius 1 is 0.958 bits per heavy atom. The molecular formula is C16H11N3O2S3. The van der Waals surface area contributed by atoms with Gasteiger partial charge in [0.2, 0.25) is 0 Å². The highest BCUT2D eigenvalue weighted by molar-refractivity contribution is 7.94. The van der Waals surface area contributed by atoms with E-state index >= 15 is 0 Å². The zero-order valence-electron chi connectivity index (χ0n) is 12.2. The molecule has 0 fully saturated rings.